The molecule has 1 N–H and O–H groups in total. The molecule has 0 aromatic heterocycles. The van der Waals surface area contributed by atoms with Gasteiger partial charge in [-0.2, -0.15) is 24.9 Å². The minimum absolute atomic E-state index is 0.504. The number of benzene rings is 1. The molecular formula is C14H18F3NS. The second-order valence-electron chi connectivity index (χ2n) is 4.92. The third kappa shape index (κ3) is 5.07. The number of rotatable bonds is 5. The summed E-state index contributed by atoms with van der Waals surface area (Å²) in [4.78, 5) is 0. The van der Waals surface area contributed by atoms with Crippen LogP contribution in [0.1, 0.15) is 24.4 Å². The zero-order valence-corrected chi connectivity index (χ0v) is 11.4. The van der Waals surface area contributed by atoms with Crippen LogP contribution in [0.4, 0.5) is 13.2 Å². The summed E-state index contributed by atoms with van der Waals surface area (Å²) >= 11 is 1.88. The first-order valence-electron chi connectivity index (χ1n) is 6.47. The van der Waals surface area contributed by atoms with Crippen LogP contribution in [0.25, 0.3) is 0 Å². The molecule has 5 heteroatoms. The first-order valence-corrected chi connectivity index (χ1v) is 7.63. The van der Waals surface area contributed by atoms with Crippen molar-refractivity contribution in [2.24, 2.45) is 5.92 Å². The molecule has 1 fully saturated rings. The number of hydrogen-bond donors (Lipinski definition) is 1. The lowest BCUT2D eigenvalue weighted by Gasteiger charge is -2.22. The predicted molar refractivity (Wildman–Crippen MR) is 73.3 cm³/mol. The predicted octanol–water partition coefficient (Wildman–Crippen LogP) is 4.02. The molecule has 0 amide bonds. The Balaban J connectivity index is 1.97. The highest BCUT2D eigenvalue weighted by molar-refractivity contribution is 7.99. The van der Waals surface area contributed by atoms with Crippen LogP contribution < -0.4 is 5.32 Å². The van der Waals surface area contributed by atoms with Gasteiger partial charge in [0.05, 0.1) is 6.42 Å². The smallest absolute Gasteiger partial charge is 0.309 e. The van der Waals surface area contributed by atoms with Crippen LogP contribution >= 0.6 is 11.8 Å². The third-order valence-corrected chi connectivity index (χ3v) is 4.55. The highest BCUT2D eigenvalue weighted by Crippen LogP contribution is 2.30. The van der Waals surface area contributed by atoms with Crippen molar-refractivity contribution < 1.29 is 13.2 Å². The summed E-state index contributed by atoms with van der Waals surface area (Å²) in [6, 6.07) is 8.27. The fraction of sp³-hybridized carbons (Fsp3) is 0.571. The van der Waals surface area contributed by atoms with Crippen LogP contribution in [0.15, 0.2) is 30.3 Å². The Morgan fingerprint density at radius 3 is 2.58 bits per heavy atom. The van der Waals surface area contributed by atoms with Gasteiger partial charge in [0.15, 0.2) is 0 Å². The maximum atomic E-state index is 12.6. The van der Waals surface area contributed by atoms with Gasteiger partial charge in [0.25, 0.3) is 0 Å². The van der Waals surface area contributed by atoms with E-state index < -0.39 is 18.6 Å². The summed E-state index contributed by atoms with van der Waals surface area (Å²) in [7, 11) is 0. The second-order valence-corrected chi connectivity index (χ2v) is 6.07. The van der Waals surface area contributed by atoms with E-state index in [1.165, 1.54) is 0 Å². The van der Waals surface area contributed by atoms with Gasteiger partial charge in [0.2, 0.25) is 0 Å². The summed E-state index contributed by atoms with van der Waals surface area (Å²) in [6.07, 6.45) is -3.85. The fourth-order valence-electron chi connectivity index (χ4n) is 2.28. The van der Waals surface area contributed by atoms with Gasteiger partial charge in [-0.25, -0.2) is 0 Å². The second kappa shape index (κ2) is 6.66. The number of thioether (sulfide) groups is 1. The molecule has 0 saturated carbocycles. The molecule has 0 bridgehead atoms. The summed E-state index contributed by atoms with van der Waals surface area (Å²) in [6.45, 7) is 0.669. The van der Waals surface area contributed by atoms with E-state index in [1.54, 1.807) is 24.3 Å². The lowest BCUT2D eigenvalue weighted by Crippen LogP contribution is -2.30. The van der Waals surface area contributed by atoms with Crippen LogP contribution in [0.5, 0.6) is 0 Å². The van der Waals surface area contributed by atoms with Crippen molar-refractivity contribution in [3.05, 3.63) is 35.9 Å². The van der Waals surface area contributed by atoms with Crippen LogP contribution in [-0.4, -0.2) is 24.2 Å². The van der Waals surface area contributed by atoms with Crippen molar-refractivity contribution in [2.45, 2.75) is 25.1 Å². The van der Waals surface area contributed by atoms with Crippen molar-refractivity contribution in [1.29, 1.82) is 0 Å². The van der Waals surface area contributed by atoms with Crippen LogP contribution in [0, 0.1) is 5.92 Å². The van der Waals surface area contributed by atoms with Crippen LogP contribution in [0.2, 0.25) is 0 Å². The minimum Gasteiger partial charge on any atom is -0.309 e. The van der Waals surface area contributed by atoms with Gasteiger partial charge in [-0.1, -0.05) is 30.3 Å². The van der Waals surface area contributed by atoms with Crippen molar-refractivity contribution in [3.63, 3.8) is 0 Å². The van der Waals surface area contributed by atoms with E-state index in [4.69, 9.17) is 0 Å². The Morgan fingerprint density at radius 1 is 1.26 bits per heavy atom. The SMILES string of the molecule is FC(F)(F)CC(NCC1CCSC1)c1ccccc1. The molecule has 0 spiro atoms. The molecule has 1 nitrogen and oxygen atoms in total. The van der Waals surface area contributed by atoms with E-state index in [0.717, 1.165) is 17.9 Å². The summed E-state index contributed by atoms with van der Waals surface area (Å²) < 4.78 is 37.9. The normalized spacial score (nSPS) is 21.5. The first kappa shape index (κ1) is 14.7. The van der Waals surface area contributed by atoms with E-state index in [0.29, 0.717) is 18.0 Å². The third-order valence-electron chi connectivity index (χ3n) is 3.31. The highest BCUT2D eigenvalue weighted by atomic mass is 32.2. The van der Waals surface area contributed by atoms with Gasteiger partial charge in [0, 0.05) is 6.04 Å². The van der Waals surface area contributed by atoms with Gasteiger partial charge < -0.3 is 5.32 Å². The van der Waals surface area contributed by atoms with Gasteiger partial charge in [-0.3, -0.25) is 0 Å². The Morgan fingerprint density at radius 2 is 2.00 bits per heavy atom. The Bertz CT molecular complexity index is 374. The van der Waals surface area contributed by atoms with Crippen molar-refractivity contribution in [1.82, 2.24) is 5.32 Å². The lowest BCUT2D eigenvalue weighted by atomic mass is 10.0. The average molecular weight is 289 g/mol. The fourth-order valence-corrected chi connectivity index (χ4v) is 3.56. The number of hydrogen-bond acceptors (Lipinski definition) is 2. The highest BCUT2D eigenvalue weighted by Gasteiger charge is 2.32. The standard InChI is InChI=1S/C14H18F3NS/c15-14(16,17)8-13(12-4-2-1-3-5-12)18-9-11-6-7-19-10-11/h1-5,11,13,18H,6-10H2. The zero-order chi connectivity index (χ0) is 13.7. The Labute approximate surface area is 116 Å². The first-order chi connectivity index (χ1) is 9.04. The van der Waals surface area contributed by atoms with Gasteiger partial charge >= 0.3 is 6.18 Å². The summed E-state index contributed by atoms with van der Waals surface area (Å²) in [5.74, 6) is 2.69. The number of halogens is 3. The van der Waals surface area contributed by atoms with E-state index in [9.17, 15) is 13.2 Å². The molecule has 0 aliphatic carbocycles. The maximum Gasteiger partial charge on any atom is 0.390 e. The van der Waals surface area contributed by atoms with Crippen molar-refractivity contribution >= 4 is 11.8 Å². The van der Waals surface area contributed by atoms with E-state index in [1.807, 2.05) is 17.8 Å². The molecule has 106 valence electrons. The van der Waals surface area contributed by atoms with Crippen molar-refractivity contribution in [2.75, 3.05) is 18.1 Å². The van der Waals surface area contributed by atoms with Crippen molar-refractivity contribution in [3.8, 4) is 0 Å². The monoisotopic (exact) mass is 289 g/mol. The minimum atomic E-state index is -4.14. The molecule has 1 aromatic rings. The molecule has 19 heavy (non-hydrogen) atoms. The number of alkyl halides is 3. The van der Waals surface area contributed by atoms with Crippen LogP contribution in [-0.2, 0) is 0 Å². The molecule has 0 radical (unpaired) electrons. The van der Waals surface area contributed by atoms with Crippen LogP contribution in [0.3, 0.4) is 0 Å². The van der Waals surface area contributed by atoms with E-state index >= 15 is 0 Å². The average Bonchev–Trinajstić information content (AvgIpc) is 2.87. The zero-order valence-electron chi connectivity index (χ0n) is 10.6. The topological polar surface area (TPSA) is 12.0 Å². The van der Waals surface area contributed by atoms with Gasteiger partial charge in [0.1, 0.15) is 0 Å². The maximum absolute atomic E-state index is 12.6. The number of nitrogens with one attached hydrogen (secondary N) is 1. The van der Waals surface area contributed by atoms with E-state index in [-0.39, 0.29) is 0 Å². The molecule has 2 atom stereocenters. The Kier molecular flexibility index (Phi) is 5.16. The quantitative estimate of drug-likeness (QED) is 0.878. The van der Waals surface area contributed by atoms with Gasteiger partial charge in [-0.15, -0.1) is 0 Å². The molecule has 2 unspecified atom stereocenters. The largest absolute Gasteiger partial charge is 0.390 e. The summed E-state index contributed by atoms with van der Waals surface area (Å²) in [5, 5.41) is 3.10. The van der Waals surface area contributed by atoms with E-state index in [2.05, 4.69) is 5.32 Å². The molecule has 1 aromatic carbocycles. The van der Waals surface area contributed by atoms with Gasteiger partial charge in [-0.05, 0) is 36.0 Å². The molecule has 1 saturated heterocycles. The molecule has 1 aliphatic heterocycles. The molecule has 1 heterocycles. The lowest BCUT2D eigenvalue weighted by molar-refractivity contribution is -0.140. The Hall–Kier alpha value is -0.680. The molecule has 1 aliphatic rings. The summed E-state index contributed by atoms with van der Waals surface area (Å²) in [5.41, 5.74) is 0.713. The molecular weight excluding hydrogens is 271 g/mol. The molecule has 2 rings (SSSR count).